The number of piperidine rings is 1. The van der Waals surface area contributed by atoms with Gasteiger partial charge in [0.05, 0.1) is 18.0 Å². The number of likely N-dealkylation sites (tertiary alicyclic amines) is 1. The van der Waals surface area contributed by atoms with Crippen molar-refractivity contribution in [3.63, 3.8) is 0 Å². The highest BCUT2D eigenvalue weighted by Crippen LogP contribution is 2.27. The molecule has 0 bridgehead atoms. The van der Waals surface area contributed by atoms with Gasteiger partial charge in [-0.15, -0.1) is 11.8 Å². The highest BCUT2D eigenvalue weighted by Gasteiger charge is 2.35. The number of nitrogens with one attached hydrogen (secondary N) is 1. The molecule has 0 aromatic heterocycles. The largest absolute Gasteiger partial charge is 0.480 e. The molecule has 0 saturated carbocycles. The Morgan fingerprint density at radius 3 is 2.76 bits per heavy atom. The number of carbonyl (C=O) groups excluding carboxylic acids is 2. The zero-order chi connectivity index (χ0) is 18.4. The molecule has 8 heteroatoms. The number of carbonyl (C=O) groups is 3. The minimum atomic E-state index is -0.891. The summed E-state index contributed by atoms with van der Waals surface area (Å²) in [6.45, 7) is 2.52. The minimum absolute atomic E-state index is 0.0115. The van der Waals surface area contributed by atoms with Crippen LogP contribution in [-0.2, 0) is 14.4 Å². The number of hydrogen-bond acceptors (Lipinski definition) is 5. The zero-order valence-corrected chi connectivity index (χ0v) is 14.9. The Kier molecular flexibility index (Phi) is 6.83. The molecule has 2 rings (SSSR count). The lowest BCUT2D eigenvalue weighted by Crippen LogP contribution is -2.51. The van der Waals surface area contributed by atoms with Crippen molar-refractivity contribution in [1.29, 1.82) is 0 Å². The highest BCUT2D eigenvalue weighted by atomic mass is 32.2. The van der Waals surface area contributed by atoms with Crippen LogP contribution in [0.1, 0.15) is 19.8 Å². The molecular formula is C17H23N3O4S. The first-order valence-corrected chi connectivity index (χ1v) is 9.14. The molecule has 1 aromatic rings. The molecule has 136 valence electrons. The van der Waals surface area contributed by atoms with Gasteiger partial charge in [0.25, 0.3) is 0 Å². The van der Waals surface area contributed by atoms with Crippen LogP contribution in [0.4, 0.5) is 5.69 Å². The Hall–Kier alpha value is -2.06. The molecule has 1 saturated heterocycles. The smallest absolute Gasteiger partial charge is 0.321 e. The molecule has 0 aliphatic carbocycles. The normalized spacial score (nSPS) is 20.8. The molecule has 4 N–H and O–H groups in total. The van der Waals surface area contributed by atoms with Crippen LogP contribution in [0, 0.1) is 5.92 Å². The van der Waals surface area contributed by atoms with E-state index >= 15 is 0 Å². The van der Waals surface area contributed by atoms with E-state index in [1.54, 1.807) is 23.1 Å². The number of hydrogen-bond donors (Lipinski definition) is 3. The fourth-order valence-corrected chi connectivity index (χ4v) is 3.82. The van der Waals surface area contributed by atoms with Crippen molar-refractivity contribution >= 4 is 35.2 Å². The number of amides is 2. The number of nitrogens with two attached hydrogens (primary N) is 1. The maximum absolute atomic E-state index is 12.4. The lowest BCUT2D eigenvalue weighted by atomic mass is 9.91. The Labute approximate surface area is 150 Å². The van der Waals surface area contributed by atoms with E-state index in [2.05, 4.69) is 5.32 Å². The van der Waals surface area contributed by atoms with Crippen LogP contribution >= 0.6 is 11.8 Å². The third-order valence-corrected chi connectivity index (χ3v) is 5.26. The van der Waals surface area contributed by atoms with Gasteiger partial charge in [-0.05, 0) is 37.4 Å². The molecule has 1 fully saturated rings. The van der Waals surface area contributed by atoms with Crippen molar-refractivity contribution in [3.05, 3.63) is 24.3 Å². The fraction of sp³-hybridized carbons (Fsp3) is 0.471. The summed E-state index contributed by atoms with van der Waals surface area (Å²) in [5.74, 6) is -1.46. The van der Waals surface area contributed by atoms with Gasteiger partial charge < -0.3 is 16.2 Å². The second-order valence-corrected chi connectivity index (χ2v) is 7.19. The predicted octanol–water partition coefficient (Wildman–Crippen LogP) is 1.39. The number of benzene rings is 1. The number of anilines is 1. The molecule has 7 nitrogen and oxygen atoms in total. The molecule has 0 radical (unpaired) electrons. The maximum Gasteiger partial charge on any atom is 0.321 e. The minimum Gasteiger partial charge on any atom is -0.480 e. The molecule has 1 aromatic carbocycles. The fourth-order valence-electron chi connectivity index (χ4n) is 3.07. The first-order valence-electron chi connectivity index (χ1n) is 8.15. The van der Waals surface area contributed by atoms with E-state index in [4.69, 9.17) is 5.73 Å². The van der Waals surface area contributed by atoms with Crippen LogP contribution < -0.4 is 11.1 Å². The van der Waals surface area contributed by atoms with Gasteiger partial charge in [0, 0.05) is 4.90 Å². The van der Waals surface area contributed by atoms with Crippen molar-refractivity contribution in [2.45, 2.75) is 30.7 Å². The third-order valence-electron chi connectivity index (χ3n) is 4.17. The van der Waals surface area contributed by atoms with Crippen molar-refractivity contribution in [1.82, 2.24) is 4.90 Å². The number of para-hydroxylation sites is 1. The Morgan fingerprint density at radius 1 is 1.36 bits per heavy atom. The summed E-state index contributed by atoms with van der Waals surface area (Å²) in [6.07, 6.45) is 1.73. The van der Waals surface area contributed by atoms with Gasteiger partial charge in [0.1, 0.15) is 6.04 Å². The molecule has 25 heavy (non-hydrogen) atoms. The summed E-state index contributed by atoms with van der Waals surface area (Å²) in [7, 11) is 0. The number of carboxylic acid groups (broad SMARTS) is 1. The maximum atomic E-state index is 12.4. The number of primary amides is 1. The van der Waals surface area contributed by atoms with Gasteiger partial charge in [-0.1, -0.05) is 19.1 Å². The van der Waals surface area contributed by atoms with E-state index in [-0.39, 0.29) is 24.1 Å². The Balaban J connectivity index is 2.02. The summed E-state index contributed by atoms with van der Waals surface area (Å²) in [5.41, 5.74) is 5.76. The second-order valence-electron chi connectivity index (χ2n) is 6.17. The Bertz CT molecular complexity index is 653. The standard InChI is InChI=1S/C17H23N3O4S/c1-11-5-4-8-20(16(11)17(23)24)9-15(22)19-12-6-2-3-7-13(12)25-10-14(18)21/h2-3,6-7,11,16H,4-5,8-10H2,1H3,(H2,18,21)(H,19,22)(H,23,24). The topological polar surface area (TPSA) is 113 Å². The average molecular weight is 365 g/mol. The first-order chi connectivity index (χ1) is 11.9. The van der Waals surface area contributed by atoms with Crippen molar-refractivity contribution in [2.75, 3.05) is 24.2 Å². The highest BCUT2D eigenvalue weighted by molar-refractivity contribution is 8.00. The molecule has 1 aliphatic rings. The van der Waals surface area contributed by atoms with Gasteiger partial charge in [-0.3, -0.25) is 19.3 Å². The first kappa shape index (κ1) is 19.3. The van der Waals surface area contributed by atoms with Crippen LogP contribution in [0.2, 0.25) is 0 Å². The summed E-state index contributed by atoms with van der Waals surface area (Å²) >= 11 is 1.25. The van der Waals surface area contributed by atoms with E-state index in [1.807, 2.05) is 13.0 Å². The van der Waals surface area contributed by atoms with E-state index < -0.39 is 17.9 Å². The van der Waals surface area contributed by atoms with Gasteiger partial charge in [0.15, 0.2) is 0 Å². The lowest BCUT2D eigenvalue weighted by Gasteiger charge is -2.36. The van der Waals surface area contributed by atoms with Gasteiger partial charge in [-0.2, -0.15) is 0 Å². The number of thioether (sulfide) groups is 1. The lowest BCUT2D eigenvalue weighted by molar-refractivity contribution is -0.147. The molecular weight excluding hydrogens is 342 g/mol. The van der Waals surface area contributed by atoms with Gasteiger partial charge >= 0.3 is 5.97 Å². The van der Waals surface area contributed by atoms with Crippen LogP contribution in [0.3, 0.4) is 0 Å². The van der Waals surface area contributed by atoms with Crippen molar-refractivity contribution < 1.29 is 19.5 Å². The van der Waals surface area contributed by atoms with Crippen LogP contribution in [-0.4, -0.2) is 52.7 Å². The molecule has 2 atom stereocenters. The molecule has 2 amide bonds. The summed E-state index contributed by atoms with van der Waals surface area (Å²) < 4.78 is 0. The van der Waals surface area contributed by atoms with Crippen LogP contribution in [0.25, 0.3) is 0 Å². The quantitative estimate of drug-likeness (QED) is 0.629. The van der Waals surface area contributed by atoms with E-state index in [9.17, 15) is 19.5 Å². The number of rotatable bonds is 7. The molecule has 1 aliphatic heterocycles. The molecule has 1 heterocycles. The van der Waals surface area contributed by atoms with Crippen LogP contribution in [0.5, 0.6) is 0 Å². The van der Waals surface area contributed by atoms with E-state index in [0.717, 1.165) is 17.7 Å². The molecule has 0 spiro atoms. The number of carboxylic acids is 1. The van der Waals surface area contributed by atoms with Crippen LogP contribution in [0.15, 0.2) is 29.2 Å². The third kappa shape index (κ3) is 5.47. The number of aliphatic carboxylic acids is 1. The summed E-state index contributed by atoms with van der Waals surface area (Å²) in [5, 5.41) is 12.2. The molecule has 2 unspecified atom stereocenters. The second kappa shape index (κ2) is 8.87. The van der Waals surface area contributed by atoms with Crippen molar-refractivity contribution in [3.8, 4) is 0 Å². The van der Waals surface area contributed by atoms with E-state index in [0.29, 0.717) is 12.2 Å². The predicted molar refractivity (Wildman–Crippen MR) is 96.4 cm³/mol. The van der Waals surface area contributed by atoms with Gasteiger partial charge in [-0.25, -0.2) is 0 Å². The number of nitrogens with zero attached hydrogens (tertiary/aromatic N) is 1. The summed E-state index contributed by atoms with van der Waals surface area (Å²) in [6, 6.07) is 6.50. The van der Waals surface area contributed by atoms with E-state index in [1.165, 1.54) is 11.8 Å². The van der Waals surface area contributed by atoms with Gasteiger partial charge in [0.2, 0.25) is 11.8 Å². The average Bonchev–Trinajstić information content (AvgIpc) is 2.53. The SMILES string of the molecule is CC1CCCN(CC(=O)Nc2ccccc2SCC(N)=O)C1C(=O)O. The zero-order valence-electron chi connectivity index (χ0n) is 14.1. The Morgan fingerprint density at radius 2 is 2.08 bits per heavy atom. The monoisotopic (exact) mass is 365 g/mol. The van der Waals surface area contributed by atoms with Crippen molar-refractivity contribution in [2.24, 2.45) is 11.7 Å². The summed E-state index contributed by atoms with van der Waals surface area (Å²) in [4.78, 5) is 37.3.